The Morgan fingerprint density at radius 2 is 1.66 bits per heavy atom. The molecule has 2 N–H and O–H groups in total. The van der Waals surface area contributed by atoms with Crippen molar-refractivity contribution in [3.05, 3.63) is 71.3 Å². The molecule has 0 spiro atoms. The van der Waals surface area contributed by atoms with Gasteiger partial charge in [-0.25, -0.2) is 0 Å². The highest BCUT2D eigenvalue weighted by molar-refractivity contribution is 5.80. The van der Waals surface area contributed by atoms with E-state index in [9.17, 15) is 0 Å². The fourth-order valence-corrected chi connectivity index (χ4v) is 4.60. The summed E-state index contributed by atoms with van der Waals surface area (Å²) < 4.78 is 5.44. The van der Waals surface area contributed by atoms with Gasteiger partial charge in [-0.3, -0.25) is 14.8 Å². The number of likely N-dealkylation sites (tertiary alicyclic amines) is 1. The molecule has 6 nitrogen and oxygen atoms in total. The monoisotopic (exact) mass is 435 g/mol. The first-order chi connectivity index (χ1) is 15.7. The quantitative estimate of drug-likeness (QED) is 0.517. The molecule has 32 heavy (non-hydrogen) atoms. The number of hydrogen-bond acceptors (Lipinski definition) is 4. The van der Waals surface area contributed by atoms with Crippen LogP contribution >= 0.6 is 0 Å². The van der Waals surface area contributed by atoms with Crippen LogP contribution in [0.15, 0.2) is 59.6 Å². The molecule has 6 heteroatoms. The van der Waals surface area contributed by atoms with Gasteiger partial charge in [0.1, 0.15) is 0 Å². The minimum absolute atomic E-state index is 0.413. The number of benzene rings is 2. The van der Waals surface area contributed by atoms with Gasteiger partial charge in [0.05, 0.1) is 13.2 Å². The van der Waals surface area contributed by atoms with E-state index in [0.29, 0.717) is 12.1 Å². The van der Waals surface area contributed by atoms with E-state index in [1.165, 1.54) is 16.7 Å². The fourth-order valence-electron chi connectivity index (χ4n) is 4.60. The highest BCUT2D eigenvalue weighted by Gasteiger charge is 2.29. The van der Waals surface area contributed by atoms with Crippen LogP contribution in [-0.4, -0.2) is 67.7 Å². The molecule has 4 rings (SSSR count). The van der Waals surface area contributed by atoms with Gasteiger partial charge >= 0.3 is 0 Å². The Kier molecular flexibility index (Phi) is 8.15. The average Bonchev–Trinajstić information content (AvgIpc) is 3.17. The summed E-state index contributed by atoms with van der Waals surface area (Å²) in [5.74, 6) is 0.876. The molecule has 0 amide bonds. The number of ether oxygens (including phenoxy) is 1. The molecule has 2 atom stereocenters. The van der Waals surface area contributed by atoms with Crippen LogP contribution in [0.1, 0.15) is 30.0 Å². The van der Waals surface area contributed by atoms with E-state index in [2.05, 4.69) is 86.9 Å². The third-order valence-electron chi connectivity index (χ3n) is 6.49. The summed E-state index contributed by atoms with van der Waals surface area (Å²) >= 11 is 0. The summed E-state index contributed by atoms with van der Waals surface area (Å²) in [4.78, 5) is 9.45. The van der Waals surface area contributed by atoms with Gasteiger partial charge in [-0.05, 0) is 30.0 Å². The molecule has 2 saturated heterocycles. The number of morpholine rings is 1. The third kappa shape index (κ3) is 6.55. The molecule has 0 aliphatic carbocycles. The Morgan fingerprint density at radius 1 is 0.969 bits per heavy atom. The van der Waals surface area contributed by atoms with Crippen molar-refractivity contribution in [1.82, 2.24) is 20.4 Å². The van der Waals surface area contributed by atoms with E-state index in [1.807, 2.05) is 7.05 Å². The number of guanidine groups is 1. The van der Waals surface area contributed by atoms with Crippen LogP contribution in [0.3, 0.4) is 0 Å². The second kappa shape index (κ2) is 11.5. The van der Waals surface area contributed by atoms with Gasteiger partial charge in [0.25, 0.3) is 0 Å². The van der Waals surface area contributed by atoms with Crippen molar-refractivity contribution >= 4 is 5.96 Å². The number of nitrogens with zero attached hydrogens (tertiary/aromatic N) is 3. The molecule has 2 aromatic carbocycles. The summed E-state index contributed by atoms with van der Waals surface area (Å²) in [5, 5.41) is 7.11. The first-order valence-corrected chi connectivity index (χ1v) is 11.8. The van der Waals surface area contributed by atoms with Crippen LogP contribution in [0.4, 0.5) is 0 Å². The van der Waals surface area contributed by atoms with E-state index in [0.717, 1.165) is 64.9 Å². The summed E-state index contributed by atoms with van der Waals surface area (Å²) in [5.41, 5.74) is 4.00. The van der Waals surface area contributed by atoms with Gasteiger partial charge in [-0.15, -0.1) is 0 Å². The first kappa shape index (κ1) is 22.8. The summed E-state index contributed by atoms with van der Waals surface area (Å²) in [6.07, 6.45) is 1.13. The van der Waals surface area contributed by atoms with Crippen molar-refractivity contribution in [3.63, 3.8) is 0 Å². The van der Waals surface area contributed by atoms with Crippen LogP contribution in [-0.2, 0) is 24.4 Å². The van der Waals surface area contributed by atoms with Gasteiger partial charge in [0.2, 0.25) is 0 Å². The number of aliphatic imine (C=N–C) groups is 1. The van der Waals surface area contributed by atoms with Crippen molar-refractivity contribution < 1.29 is 4.74 Å². The zero-order valence-corrected chi connectivity index (χ0v) is 19.5. The lowest BCUT2D eigenvalue weighted by Crippen LogP contribution is -2.44. The van der Waals surface area contributed by atoms with Crippen LogP contribution in [0.5, 0.6) is 0 Å². The van der Waals surface area contributed by atoms with E-state index < -0.39 is 0 Å². The minimum atomic E-state index is 0.413. The molecular weight excluding hydrogens is 398 g/mol. The van der Waals surface area contributed by atoms with E-state index in [4.69, 9.17) is 4.74 Å². The smallest absolute Gasteiger partial charge is 0.191 e. The van der Waals surface area contributed by atoms with Crippen molar-refractivity contribution in [2.45, 2.75) is 45.1 Å². The molecule has 2 aliphatic heterocycles. The zero-order valence-electron chi connectivity index (χ0n) is 19.5. The highest BCUT2D eigenvalue weighted by atomic mass is 16.5. The molecule has 0 saturated carbocycles. The lowest BCUT2D eigenvalue weighted by atomic mass is 10.1. The molecule has 2 unspecified atom stereocenters. The van der Waals surface area contributed by atoms with Gasteiger partial charge in [-0.2, -0.15) is 0 Å². The molecule has 0 aromatic heterocycles. The zero-order chi connectivity index (χ0) is 22.2. The molecule has 2 aliphatic rings. The maximum atomic E-state index is 5.44. The topological polar surface area (TPSA) is 52.1 Å². The number of rotatable bonds is 7. The standard InChI is InChI=1S/C26H37N5O/c1-21-16-25(20-31(21)19-23-6-4-3-5-7-23)29-26(27-2)28-17-22-8-10-24(11-9-22)18-30-12-14-32-15-13-30/h3-11,21,25H,12-20H2,1-2H3,(H2,27,28,29). The molecule has 2 heterocycles. The molecule has 2 fully saturated rings. The van der Waals surface area contributed by atoms with Crippen LogP contribution in [0.25, 0.3) is 0 Å². The molecule has 2 aromatic rings. The van der Waals surface area contributed by atoms with E-state index in [1.54, 1.807) is 0 Å². The lowest BCUT2D eigenvalue weighted by molar-refractivity contribution is 0.0342. The highest BCUT2D eigenvalue weighted by Crippen LogP contribution is 2.20. The molecule has 0 bridgehead atoms. The summed E-state index contributed by atoms with van der Waals surface area (Å²) in [7, 11) is 1.85. The Morgan fingerprint density at radius 3 is 2.38 bits per heavy atom. The van der Waals surface area contributed by atoms with Crippen molar-refractivity contribution in [3.8, 4) is 0 Å². The van der Waals surface area contributed by atoms with E-state index >= 15 is 0 Å². The first-order valence-electron chi connectivity index (χ1n) is 11.8. The Bertz CT molecular complexity index is 848. The molecule has 172 valence electrons. The number of hydrogen-bond donors (Lipinski definition) is 2. The van der Waals surface area contributed by atoms with Crippen molar-refractivity contribution in [2.24, 2.45) is 4.99 Å². The van der Waals surface area contributed by atoms with Crippen LogP contribution in [0, 0.1) is 0 Å². The Hall–Kier alpha value is -2.41. The SMILES string of the molecule is CN=C(NCc1ccc(CN2CCOCC2)cc1)NC1CC(C)N(Cc2ccccc2)C1. The van der Waals surface area contributed by atoms with Crippen molar-refractivity contribution in [1.29, 1.82) is 0 Å². The van der Waals surface area contributed by atoms with Crippen molar-refractivity contribution in [2.75, 3.05) is 39.9 Å². The molecule has 0 radical (unpaired) electrons. The Balaban J connectivity index is 1.22. The van der Waals surface area contributed by atoms with E-state index in [-0.39, 0.29) is 0 Å². The summed E-state index contributed by atoms with van der Waals surface area (Å²) in [6.45, 7) is 9.86. The summed E-state index contributed by atoms with van der Waals surface area (Å²) in [6, 6.07) is 20.6. The van der Waals surface area contributed by atoms with Gasteiger partial charge < -0.3 is 15.4 Å². The largest absolute Gasteiger partial charge is 0.379 e. The lowest BCUT2D eigenvalue weighted by Gasteiger charge is -2.26. The number of nitrogens with one attached hydrogen (secondary N) is 2. The van der Waals surface area contributed by atoms with Gasteiger partial charge in [0.15, 0.2) is 5.96 Å². The second-order valence-electron chi connectivity index (χ2n) is 8.97. The third-order valence-corrected chi connectivity index (χ3v) is 6.49. The predicted octanol–water partition coefficient (Wildman–Crippen LogP) is 2.85. The molecular formula is C26H37N5O. The second-order valence-corrected chi connectivity index (χ2v) is 8.97. The Labute approximate surface area is 192 Å². The van der Waals surface area contributed by atoms with Crippen LogP contribution < -0.4 is 10.6 Å². The van der Waals surface area contributed by atoms with Crippen LogP contribution in [0.2, 0.25) is 0 Å². The minimum Gasteiger partial charge on any atom is -0.379 e. The predicted molar refractivity (Wildman–Crippen MR) is 131 cm³/mol. The van der Waals surface area contributed by atoms with Gasteiger partial charge in [-0.1, -0.05) is 54.6 Å². The maximum absolute atomic E-state index is 5.44. The van der Waals surface area contributed by atoms with Gasteiger partial charge in [0, 0.05) is 58.4 Å². The maximum Gasteiger partial charge on any atom is 0.191 e. The fraction of sp³-hybridized carbons (Fsp3) is 0.500. The average molecular weight is 436 g/mol. The normalized spacial score (nSPS) is 22.8.